The highest BCUT2D eigenvalue weighted by atomic mass is 79.9. The molecule has 0 bridgehead atoms. The van der Waals surface area contributed by atoms with Crippen molar-refractivity contribution in [2.24, 2.45) is 0 Å². The largest absolute Gasteiger partial charge is 0.481 e. The third-order valence-electron chi connectivity index (χ3n) is 3.55. The number of carbonyl (C=O) groups excluding carboxylic acids is 1. The molecule has 20 heavy (non-hydrogen) atoms. The Kier molecular flexibility index (Phi) is 4.65. The average molecular weight is 341 g/mol. The Labute approximate surface area is 125 Å². The molecule has 5 nitrogen and oxygen atoms in total. The number of hydrogen-bond acceptors (Lipinski definition) is 2. The minimum Gasteiger partial charge on any atom is -0.481 e. The van der Waals surface area contributed by atoms with Crippen LogP contribution >= 0.6 is 15.9 Å². The van der Waals surface area contributed by atoms with Crippen LogP contribution in [0.4, 0.5) is 4.79 Å². The summed E-state index contributed by atoms with van der Waals surface area (Å²) in [6.45, 7) is 0.419. The van der Waals surface area contributed by atoms with Gasteiger partial charge in [0.2, 0.25) is 0 Å². The molecule has 108 valence electrons. The van der Waals surface area contributed by atoms with Gasteiger partial charge in [0.15, 0.2) is 0 Å². The average Bonchev–Trinajstić information content (AvgIpc) is 2.35. The van der Waals surface area contributed by atoms with E-state index in [2.05, 4.69) is 26.6 Å². The van der Waals surface area contributed by atoms with Crippen molar-refractivity contribution in [3.05, 3.63) is 34.3 Å². The molecule has 0 atom stereocenters. The number of nitrogens with one attached hydrogen (secondary N) is 2. The monoisotopic (exact) mass is 340 g/mol. The first-order valence-electron chi connectivity index (χ1n) is 6.51. The van der Waals surface area contributed by atoms with Crippen molar-refractivity contribution in [1.29, 1.82) is 0 Å². The van der Waals surface area contributed by atoms with Gasteiger partial charge in [-0.3, -0.25) is 4.79 Å². The van der Waals surface area contributed by atoms with Crippen LogP contribution in [0.1, 0.15) is 31.2 Å². The van der Waals surface area contributed by atoms with Gasteiger partial charge < -0.3 is 15.7 Å². The summed E-state index contributed by atoms with van der Waals surface area (Å²) >= 11 is 3.35. The zero-order valence-corrected chi connectivity index (χ0v) is 12.6. The molecule has 1 aromatic rings. The predicted molar refractivity (Wildman–Crippen MR) is 78.3 cm³/mol. The van der Waals surface area contributed by atoms with Crippen LogP contribution in [0.2, 0.25) is 0 Å². The lowest BCUT2D eigenvalue weighted by molar-refractivity contribution is -0.139. The fourth-order valence-electron chi connectivity index (χ4n) is 2.31. The van der Waals surface area contributed by atoms with E-state index in [4.69, 9.17) is 5.11 Å². The Morgan fingerprint density at radius 3 is 2.40 bits per heavy atom. The van der Waals surface area contributed by atoms with Gasteiger partial charge in [0.25, 0.3) is 0 Å². The Balaban J connectivity index is 1.83. The molecule has 1 aliphatic carbocycles. The number of urea groups is 1. The zero-order valence-electron chi connectivity index (χ0n) is 11.0. The molecule has 0 aromatic heterocycles. The second-order valence-corrected chi connectivity index (χ2v) is 6.05. The molecular formula is C14H17BrN2O3. The van der Waals surface area contributed by atoms with Gasteiger partial charge in [-0.15, -0.1) is 0 Å². The molecule has 0 saturated heterocycles. The van der Waals surface area contributed by atoms with E-state index in [9.17, 15) is 9.59 Å². The molecule has 1 aromatic carbocycles. The molecule has 0 aliphatic heterocycles. The number of halogens is 1. The van der Waals surface area contributed by atoms with Crippen LogP contribution in [0.3, 0.4) is 0 Å². The molecule has 3 N–H and O–H groups in total. The molecular weight excluding hydrogens is 324 g/mol. The lowest BCUT2D eigenvalue weighted by atomic mass is 9.74. The van der Waals surface area contributed by atoms with Gasteiger partial charge in [-0.1, -0.05) is 28.1 Å². The third-order valence-corrected chi connectivity index (χ3v) is 4.07. The number of hydrogen-bond donors (Lipinski definition) is 3. The highest BCUT2D eigenvalue weighted by molar-refractivity contribution is 9.10. The van der Waals surface area contributed by atoms with E-state index in [-0.39, 0.29) is 12.5 Å². The topological polar surface area (TPSA) is 78.4 Å². The summed E-state index contributed by atoms with van der Waals surface area (Å²) in [6.07, 6.45) is 2.40. The number of carboxylic acids is 1. The van der Waals surface area contributed by atoms with Crippen LogP contribution in [0, 0.1) is 0 Å². The van der Waals surface area contributed by atoms with Crippen molar-refractivity contribution >= 4 is 27.9 Å². The number of aliphatic carboxylic acids is 1. The second kappa shape index (κ2) is 6.26. The fourth-order valence-corrected chi connectivity index (χ4v) is 2.57. The molecule has 1 fully saturated rings. The summed E-state index contributed by atoms with van der Waals surface area (Å²) in [5.41, 5.74) is 0.430. The van der Waals surface area contributed by atoms with E-state index < -0.39 is 11.5 Å². The summed E-state index contributed by atoms with van der Waals surface area (Å²) < 4.78 is 0.987. The van der Waals surface area contributed by atoms with Crippen molar-refractivity contribution in [3.63, 3.8) is 0 Å². The highest BCUT2D eigenvalue weighted by Gasteiger charge is 2.40. The number of carboxylic acid groups (broad SMARTS) is 1. The van der Waals surface area contributed by atoms with Gasteiger partial charge in [-0.2, -0.15) is 0 Å². The van der Waals surface area contributed by atoms with E-state index in [1.54, 1.807) is 0 Å². The van der Waals surface area contributed by atoms with Gasteiger partial charge in [0.1, 0.15) is 0 Å². The predicted octanol–water partition coefficient (Wildman–Crippen LogP) is 2.65. The maximum Gasteiger partial charge on any atom is 0.315 e. The van der Waals surface area contributed by atoms with E-state index in [0.717, 1.165) is 29.3 Å². The lowest BCUT2D eigenvalue weighted by Crippen LogP contribution is -2.57. The van der Waals surface area contributed by atoms with Gasteiger partial charge in [0, 0.05) is 11.0 Å². The van der Waals surface area contributed by atoms with Crippen molar-refractivity contribution < 1.29 is 14.7 Å². The van der Waals surface area contributed by atoms with Gasteiger partial charge in [-0.25, -0.2) is 4.79 Å². The van der Waals surface area contributed by atoms with Crippen molar-refractivity contribution in [2.75, 3.05) is 0 Å². The van der Waals surface area contributed by atoms with Gasteiger partial charge >= 0.3 is 12.0 Å². The van der Waals surface area contributed by atoms with Gasteiger partial charge in [-0.05, 0) is 37.0 Å². The molecule has 1 aliphatic rings. The normalized spacial score (nSPS) is 16.1. The number of rotatable bonds is 5. The first-order chi connectivity index (χ1) is 9.49. The van der Waals surface area contributed by atoms with Crippen LogP contribution < -0.4 is 10.6 Å². The maximum absolute atomic E-state index is 11.8. The summed E-state index contributed by atoms with van der Waals surface area (Å²) in [7, 11) is 0. The van der Waals surface area contributed by atoms with Crippen molar-refractivity contribution in [1.82, 2.24) is 10.6 Å². The Morgan fingerprint density at radius 2 is 1.90 bits per heavy atom. The van der Waals surface area contributed by atoms with Gasteiger partial charge in [0.05, 0.1) is 12.0 Å². The summed E-state index contributed by atoms with van der Waals surface area (Å²) in [6, 6.07) is 7.34. The first kappa shape index (κ1) is 14.8. The van der Waals surface area contributed by atoms with E-state index in [1.807, 2.05) is 24.3 Å². The number of carbonyl (C=O) groups is 2. The second-order valence-electron chi connectivity index (χ2n) is 5.14. The summed E-state index contributed by atoms with van der Waals surface area (Å²) in [5.74, 6) is -0.877. The smallest absolute Gasteiger partial charge is 0.315 e. The van der Waals surface area contributed by atoms with Crippen LogP contribution in [0.5, 0.6) is 0 Å². The fraction of sp³-hybridized carbons (Fsp3) is 0.429. The van der Waals surface area contributed by atoms with Crippen molar-refractivity contribution in [3.8, 4) is 0 Å². The molecule has 0 spiro atoms. The van der Waals surface area contributed by atoms with Crippen molar-refractivity contribution in [2.45, 2.75) is 37.8 Å². The quantitative estimate of drug-likeness (QED) is 0.770. The van der Waals surface area contributed by atoms with E-state index in [1.165, 1.54) is 0 Å². The van der Waals surface area contributed by atoms with E-state index in [0.29, 0.717) is 6.54 Å². The lowest BCUT2D eigenvalue weighted by Gasteiger charge is -2.41. The maximum atomic E-state index is 11.8. The highest BCUT2D eigenvalue weighted by Crippen LogP contribution is 2.34. The zero-order chi connectivity index (χ0) is 14.6. The molecule has 2 amide bonds. The van der Waals surface area contributed by atoms with Crippen LogP contribution in [-0.2, 0) is 11.3 Å². The summed E-state index contributed by atoms with van der Waals surface area (Å²) in [5, 5.41) is 14.4. The van der Waals surface area contributed by atoms with E-state index >= 15 is 0 Å². The van der Waals surface area contributed by atoms with Crippen LogP contribution in [0.15, 0.2) is 28.7 Å². The third kappa shape index (κ3) is 3.96. The Morgan fingerprint density at radius 1 is 1.25 bits per heavy atom. The molecule has 6 heteroatoms. The molecule has 2 rings (SSSR count). The molecule has 0 unspecified atom stereocenters. The van der Waals surface area contributed by atoms with Crippen LogP contribution in [-0.4, -0.2) is 22.6 Å². The standard InChI is InChI=1S/C14H17BrN2O3/c15-11-4-2-10(3-5-11)9-16-13(20)17-14(6-1-7-14)8-12(18)19/h2-5H,1,6-9H2,(H,18,19)(H2,16,17,20). The summed E-state index contributed by atoms with van der Waals surface area (Å²) in [4.78, 5) is 22.7. The minimum atomic E-state index is -0.877. The Bertz CT molecular complexity index is 498. The number of amides is 2. The number of benzene rings is 1. The first-order valence-corrected chi connectivity index (χ1v) is 7.31. The molecule has 0 radical (unpaired) electrons. The Hall–Kier alpha value is -1.56. The molecule has 0 heterocycles. The van der Waals surface area contributed by atoms with Crippen LogP contribution in [0.25, 0.3) is 0 Å². The minimum absolute atomic E-state index is 0.0152. The molecule has 1 saturated carbocycles. The SMILES string of the molecule is O=C(O)CC1(NC(=O)NCc2ccc(Br)cc2)CCC1.